The average molecular weight is 468 g/mol. The predicted octanol–water partition coefficient (Wildman–Crippen LogP) is 6.34. The Labute approximate surface area is 207 Å². The first-order valence-corrected chi connectivity index (χ1v) is 12.8. The van der Waals surface area contributed by atoms with Crippen LogP contribution in [0.1, 0.15) is 43.4 Å². The molecular formula is C30H33N3O2. The number of piperidine rings is 3. The van der Waals surface area contributed by atoms with Gasteiger partial charge in [-0.05, 0) is 74.0 Å². The lowest BCUT2D eigenvalue weighted by Crippen LogP contribution is -2.56. The highest BCUT2D eigenvalue weighted by molar-refractivity contribution is 5.84. The second kappa shape index (κ2) is 9.12. The van der Waals surface area contributed by atoms with E-state index in [-0.39, 0.29) is 6.10 Å². The van der Waals surface area contributed by atoms with Crippen molar-refractivity contribution in [3.63, 3.8) is 0 Å². The van der Waals surface area contributed by atoms with Crippen LogP contribution in [0.4, 0.5) is 0 Å². The summed E-state index contributed by atoms with van der Waals surface area (Å²) in [5.41, 5.74) is 4.27. The van der Waals surface area contributed by atoms with Crippen LogP contribution in [0.5, 0.6) is 11.6 Å². The molecule has 3 fully saturated rings. The van der Waals surface area contributed by atoms with E-state index in [1.54, 1.807) is 7.11 Å². The lowest BCUT2D eigenvalue weighted by Gasteiger charge is -2.51. The van der Waals surface area contributed by atoms with Crippen LogP contribution in [-0.4, -0.2) is 41.1 Å². The summed E-state index contributed by atoms with van der Waals surface area (Å²) in [6.45, 7) is 6.76. The third-order valence-electron chi connectivity index (χ3n) is 8.25. The fraction of sp³-hybridized carbons (Fsp3) is 0.400. The van der Waals surface area contributed by atoms with Gasteiger partial charge in [-0.1, -0.05) is 31.5 Å². The predicted molar refractivity (Wildman–Crippen MR) is 140 cm³/mol. The summed E-state index contributed by atoms with van der Waals surface area (Å²) in [4.78, 5) is 12.2. The van der Waals surface area contributed by atoms with Gasteiger partial charge in [0.15, 0.2) is 0 Å². The first-order chi connectivity index (χ1) is 17.1. The maximum Gasteiger partial charge on any atom is 0.214 e. The highest BCUT2D eigenvalue weighted by Crippen LogP contribution is 2.44. The van der Waals surface area contributed by atoms with Gasteiger partial charge in [0.05, 0.1) is 24.2 Å². The van der Waals surface area contributed by atoms with Crippen LogP contribution in [0.3, 0.4) is 0 Å². The molecule has 5 heterocycles. The van der Waals surface area contributed by atoms with Crippen molar-refractivity contribution in [2.45, 2.75) is 45.3 Å². The quantitative estimate of drug-likeness (QED) is 0.331. The van der Waals surface area contributed by atoms with Crippen molar-refractivity contribution in [2.24, 2.45) is 11.8 Å². The van der Waals surface area contributed by atoms with E-state index >= 15 is 0 Å². The minimum atomic E-state index is -0.138. The molecule has 2 bridgehead atoms. The van der Waals surface area contributed by atoms with Crippen molar-refractivity contribution in [1.82, 2.24) is 14.9 Å². The van der Waals surface area contributed by atoms with E-state index in [9.17, 15) is 0 Å². The molecular weight excluding hydrogens is 434 g/mol. The number of hydrogen-bond acceptors (Lipinski definition) is 5. The van der Waals surface area contributed by atoms with Crippen LogP contribution in [0, 0.1) is 18.8 Å². The number of methoxy groups -OCH3 is 1. The summed E-state index contributed by atoms with van der Waals surface area (Å²) in [6.07, 6.45) is 5.47. The summed E-state index contributed by atoms with van der Waals surface area (Å²) in [5, 5.41) is 2.26. The second-order valence-corrected chi connectivity index (χ2v) is 10.1. The molecule has 0 spiro atoms. The molecule has 3 aliphatic rings. The van der Waals surface area contributed by atoms with Gasteiger partial charge in [-0.25, -0.2) is 4.98 Å². The number of hydrogen-bond donors (Lipinski definition) is 0. The zero-order chi connectivity index (χ0) is 23.9. The zero-order valence-corrected chi connectivity index (χ0v) is 20.8. The molecule has 0 amide bonds. The molecule has 180 valence electrons. The number of benzene rings is 2. The minimum Gasteiger partial charge on any atom is -0.497 e. The highest BCUT2D eigenvalue weighted by atomic mass is 16.5. The Balaban J connectivity index is 1.46. The van der Waals surface area contributed by atoms with Gasteiger partial charge < -0.3 is 9.47 Å². The van der Waals surface area contributed by atoms with E-state index in [0.717, 1.165) is 59.1 Å². The summed E-state index contributed by atoms with van der Waals surface area (Å²) in [6, 6.07) is 18.9. The van der Waals surface area contributed by atoms with Crippen LogP contribution in [0.15, 0.2) is 60.8 Å². The highest BCUT2D eigenvalue weighted by Gasteiger charge is 2.44. The summed E-state index contributed by atoms with van der Waals surface area (Å²) in [5.74, 6) is 3.07. The van der Waals surface area contributed by atoms with Gasteiger partial charge in [-0.15, -0.1) is 0 Å². The lowest BCUT2D eigenvalue weighted by molar-refractivity contribution is -0.0492. The van der Waals surface area contributed by atoms with Crippen molar-refractivity contribution in [3.05, 3.63) is 71.9 Å². The number of aromatic nitrogens is 2. The topological polar surface area (TPSA) is 47.5 Å². The van der Waals surface area contributed by atoms with Crippen LogP contribution < -0.4 is 9.47 Å². The summed E-state index contributed by atoms with van der Waals surface area (Å²) in [7, 11) is 1.71. The molecule has 0 radical (unpaired) electrons. The molecule has 2 aromatic carbocycles. The van der Waals surface area contributed by atoms with Gasteiger partial charge in [0, 0.05) is 35.1 Å². The van der Waals surface area contributed by atoms with Crippen LogP contribution >= 0.6 is 0 Å². The maximum absolute atomic E-state index is 6.91. The first kappa shape index (κ1) is 22.3. The van der Waals surface area contributed by atoms with Crippen LogP contribution in [0.2, 0.25) is 0 Å². The Morgan fingerprint density at radius 1 is 1.06 bits per heavy atom. The van der Waals surface area contributed by atoms with Gasteiger partial charge >= 0.3 is 0 Å². The minimum absolute atomic E-state index is 0.138. The van der Waals surface area contributed by atoms with E-state index in [2.05, 4.69) is 60.1 Å². The Morgan fingerprint density at radius 3 is 2.74 bits per heavy atom. The second-order valence-electron chi connectivity index (χ2n) is 10.1. The molecule has 7 rings (SSSR count). The molecule has 3 saturated heterocycles. The van der Waals surface area contributed by atoms with Gasteiger partial charge in [-0.2, -0.15) is 0 Å². The molecule has 35 heavy (non-hydrogen) atoms. The summed E-state index contributed by atoms with van der Waals surface area (Å²) < 4.78 is 12.5. The number of nitrogens with zero attached hydrogens (tertiary/aromatic N) is 3. The molecule has 5 nitrogen and oxygen atoms in total. The molecule has 0 N–H and O–H groups in total. The smallest absolute Gasteiger partial charge is 0.214 e. The molecule has 0 aliphatic carbocycles. The number of rotatable bonds is 6. The third kappa shape index (κ3) is 4.02. The summed E-state index contributed by atoms with van der Waals surface area (Å²) >= 11 is 0. The van der Waals surface area contributed by atoms with E-state index in [1.807, 2.05) is 24.4 Å². The van der Waals surface area contributed by atoms with Crippen molar-refractivity contribution >= 4 is 21.8 Å². The standard InChI is InChI=1S/C30H33N3O2/c1-4-20-18-33-14-12-21(20)16-28(33)30(24-11-13-31-26-10-9-22(34-3)17-25(24)26)35-29-15-19(2)23-7-5-6-8-27(23)32-29/h5-11,13,15,17,20-21,28,30H,4,12,14,16,18H2,1-3H3/t20-,21?,28?,30?/m0/s1. The monoisotopic (exact) mass is 467 g/mol. The van der Waals surface area contributed by atoms with Crippen LogP contribution in [0.25, 0.3) is 21.8 Å². The number of para-hydroxylation sites is 1. The molecule has 3 aliphatic heterocycles. The number of pyridine rings is 2. The largest absolute Gasteiger partial charge is 0.497 e. The van der Waals surface area contributed by atoms with Gasteiger partial charge in [0.2, 0.25) is 5.88 Å². The Hall–Kier alpha value is -3.18. The normalized spacial score (nSPS) is 24.5. The molecule has 5 heteroatoms. The fourth-order valence-corrected chi connectivity index (χ4v) is 6.34. The molecule has 0 saturated carbocycles. The SMILES string of the molecule is CC[C@H]1CN2CCC1CC2C(Oc1cc(C)c2ccccc2n1)c1ccnc2ccc(OC)cc12. The molecule has 5 atom stereocenters. The van der Waals surface area contributed by atoms with Gasteiger partial charge in [0.25, 0.3) is 0 Å². The first-order valence-electron chi connectivity index (χ1n) is 12.8. The molecule has 2 aromatic heterocycles. The van der Waals surface area contributed by atoms with Crippen molar-refractivity contribution < 1.29 is 9.47 Å². The van der Waals surface area contributed by atoms with Crippen molar-refractivity contribution in [1.29, 1.82) is 0 Å². The third-order valence-corrected chi connectivity index (χ3v) is 8.25. The van der Waals surface area contributed by atoms with Crippen molar-refractivity contribution in [2.75, 3.05) is 20.2 Å². The van der Waals surface area contributed by atoms with E-state index in [1.165, 1.54) is 23.8 Å². The van der Waals surface area contributed by atoms with Crippen molar-refractivity contribution in [3.8, 4) is 11.6 Å². The number of ether oxygens (including phenoxy) is 2. The van der Waals surface area contributed by atoms with Gasteiger partial charge in [0.1, 0.15) is 11.9 Å². The Bertz CT molecular complexity index is 1370. The lowest BCUT2D eigenvalue weighted by atomic mass is 9.72. The van der Waals surface area contributed by atoms with E-state index < -0.39 is 0 Å². The van der Waals surface area contributed by atoms with E-state index in [4.69, 9.17) is 14.5 Å². The number of aryl methyl sites for hydroxylation is 1. The maximum atomic E-state index is 6.91. The van der Waals surface area contributed by atoms with Crippen LogP contribution in [-0.2, 0) is 0 Å². The molecule has 4 aromatic rings. The zero-order valence-electron chi connectivity index (χ0n) is 20.8. The number of fused-ring (bicyclic) bond motifs is 5. The Morgan fingerprint density at radius 2 is 1.94 bits per heavy atom. The van der Waals surface area contributed by atoms with E-state index in [0.29, 0.717) is 11.9 Å². The fourth-order valence-electron chi connectivity index (χ4n) is 6.34. The average Bonchev–Trinajstić information content (AvgIpc) is 2.91. The van der Waals surface area contributed by atoms with Gasteiger partial charge in [-0.3, -0.25) is 9.88 Å². The Kier molecular flexibility index (Phi) is 5.81. The molecule has 4 unspecified atom stereocenters.